The van der Waals surface area contributed by atoms with Gasteiger partial charge in [0.1, 0.15) is 10.7 Å². The fourth-order valence-electron chi connectivity index (χ4n) is 1.26. The van der Waals surface area contributed by atoms with Crippen molar-refractivity contribution in [3.8, 4) is 9.88 Å². The molecule has 2 aromatic rings. The van der Waals surface area contributed by atoms with E-state index in [4.69, 9.17) is 5.11 Å². The highest BCUT2D eigenvalue weighted by atomic mass is 79.9. The summed E-state index contributed by atoms with van der Waals surface area (Å²) in [4.78, 5) is 17.1. The Balaban J connectivity index is 2.13. The van der Waals surface area contributed by atoms with Crippen molar-refractivity contribution in [3.63, 3.8) is 0 Å². The molecule has 0 radical (unpaired) electrons. The van der Waals surface area contributed by atoms with Crippen molar-refractivity contribution in [2.24, 2.45) is 0 Å². The van der Waals surface area contributed by atoms with E-state index in [0.29, 0.717) is 5.69 Å². The lowest BCUT2D eigenvalue weighted by Crippen LogP contribution is -2.35. The zero-order chi connectivity index (χ0) is 13.1. The monoisotopic (exact) mass is 346 g/mol. The standard InChI is InChI=1S/C11H11BrN2O2S2/c1-6(4-15)13-10(16)7-5-17-11(14-7)8-2-3-9(12)18-8/h2-3,5-6,15H,4H2,1H3,(H,13,16). The van der Waals surface area contributed by atoms with E-state index in [0.717, 1.165) is 13.7 Å². The number of aromatic nitrogens is 1. The molecule has 0 saturated heterocycles. The molecule has 2 heterocycles. The molecule has 2 rings (SSSR count). The van der Waals surface area contributed by atoms with Crippen LogP contribution in [0.1, 0.15) is 17.4 Å². The maximum Gasteiger partial charge on any atom is 0.271 e. The minimum Gasteiger partial charge on any atom is -0.394 e. The average Bonchev–Trinajstić information content (AvgIpc) is 2.96. The van der Waals surface area contributed by atoms with Crippen molar-refractivity contribution in [1.29, 1.82) is 0 Å². The van der Waals surface area contributed by atoms with Crippen molar-refractivity contribution in [2.45, 2.75) is 13.0 Å². The van der Waals surface area contributed by atoms with Crippen LogP contribution in [-0.2, 0) is 0 Å². The molecule has 0 aliphatic rings. The van der Waals surface area contributed by atoms with E-state index in [2.05, 4.69) is 26.2 Å². The van der Waals surface area contributed by atoms with E-state index in [-0.39, 0.29) is 18.6 Å². The quantitative estimate of drug-likeness (QED) is 0.894. The number of carbonyl (C=O) groups is 1. The topological polar surface area (TPSA) is 62.2 Å². The van der Waals surface area contributed by atoms with Crippen molar-refractivity contribution in [2.75, 3.05) is 6.61 Å². The Morgan fingerprint density at radius 3 is 3.00 bits per heavy atom. The van der Waals surface area contributed by atoms with Gasteiger partial charge in [0.05, 0.1) is 15.3 Å². The van der Waals surface area contributed by atoms with E-state index in [9.17, 15) is 4.79 Å². The van der Waals surface area contributed by atoms with Gasteiger partial charge in [-0.25, -0.2) is 4.98 Å². The van der Waals surface area contributed by atoms with Gasteiger partial charge in [-0.1, -0.05) is 0 Å². The van der Waals surface area contributed by atoms with Gasteiger partial charge < -0.3 is 10.4 Å². The van der Waals surface area contributed by atoms with E-state index >= 15 is 0 Å². The molecule has 1 atom stereocenters. The van der Waals surface area contributed by atoms with Crippen LogP contribution in [0.2, 0.25) is 0 Å². The molecule has 1 unspecified atom stereocenters. The Morgan fingerprint density at radius 2 is 2.39 bits per heavy atom. The molecule has 0 bridgehead atoms. The fourth-order valence-corrected chi connectivity index (χ4v) is 3.52. The van der Waals surface area contributed by atoms with Crippen LogP contribution in [0.4, 0.5) is 0 Å². The minimum atomic E-state index is -0.265. The summed E-state index contributed by atoms with van der Waals surface area (Å²) in [5.41, 5.74) is 0.389. The van der Waals surface area contributed by atoms with E-state index < -0.39 is 0 Å². The number of aliphatic hydroxyl groups excluding tert-OH is 1. The van der Waals surface area contributed by atoms with Crippen LogP contribution >= 0.6 is 38.6 Å². The summed E-state index contributed by atoms with van der Waals surface area (Å²) in [7, 11) is 0. The Bertz CT molecular complexity index is 553. The number of thiazole rings is 1. The highest BCUT2D eigenvalue weighted by Crippen LogP contribution is 2.33. The van der Waals surface area contributed by atoms with Gasteiger partial charge in [-0.3, -0.25) is 4.79 Å². The Morgan fingerprint density at radius 1 is 1.61 bits per heavy atom. The van der Waals surface area contributed by atoms with Crippen LogP contribution in [0.3, 0.4) is 0 Å². The fraction of sp³-hybridized carbons (Fsp3) is 0.273. The number of amides is 1. The molecular formula is C11H11BrN2O2S2. The maximum absolute atomic E-state index is 11.8. The molecule has 0 aromatic carbocycles. The smallest absolute Gasteiger partial charge is 0.271 e. The summed E-state index contributed by atoms with van der Waals surface area (Å²) in [6.45, 7) is 1.65. The molecule has 0 aliphatic carbocycles. The summed E-state index contributed by atoms with van der Waals surface area (Å²) in [5, 5.41) is 14.1. The summed E-state index contributed by atoms with van der Waals surface area (Å²) in [6, 6.07) is 3.65. The molecule has 96 valence electrons. The van der Waals surface area contributed by atoms with Crippen LogP contribution in [0.15, 0.2) is 21.3 Å². The predicted octanol–water partition coefficient (Wildman–Crippen LogP) is 2.74. The molecule has 4 nitrogen and oxygen atoms in total. The van der Waals surface area contributed by atoms with Crippen molar-refractivity contribution >= 4 is 44.5 Å². The highest BCUT2D eigenvalue weighted by molar-refractivity contribution is 9.11. The van der Waals surface area contributed by atoms with Crippen LogP contribution in [0.25, 0.3) is 9.88 Å². The number of thiophene rings is 1. The third-order valence-electron chi connectivity index (χ3n) is 2.17. The first-order chi connectivity index (χ1) is 8.60. The van der Waals surface area contributed by atoms with E-state index in [1.807, 2.05) is 12.1 Å². The van der Waals surface area contributed by atoms with Crippen molar-refractivity contribution < 1.29 is 9.90 Å². The molecule has 0 saturated carbocycles. The SMILES string of the molecule is CC(CO)NC(=O)c1csc(-c2ccc(Br)s2)n1. The zero-order valence-corrected chi connectivity index (χ0v) is 12.7. The molecule has 0 spiro atoms. The molecule has 0 fully saturated rings. The molecule has 2 aromatic heterocycles. The summed E-state index contributed by atoms with van der Waals surface area (Å²) in [6.07, 6.45) is 0. The molecule has 1 amide bonds. The molecule has 2 N–H and O–H groups in total. The number of hydrogen-bond acceptors (Lipinski definition) is 5. The highest BCUT2D eigenvalue weighted by Gasteiger charge is 2.14. The largest absolute Gasteiger partial charge is 0.394 e. The second-order valence-corrected chi connectivity index (χ2v) is 7.02. The third kappa shape index (κ3) is 3.17. The van der Waals surface area contributed by atoms with Gasteiger partial charge in [0.2, 0.25) is 0 Å². The number of rotatable bonds is 4. The van der Waals surface area contributed by atoms with Gasteiger partial charge in [-0.15, -0.1) is 22.7 Å². The normalized spacial score (nSPS) is 12.4. The Hall–Kier alpha value is -0.760. The summed E-state index contributed by atoms with van der Waals surface area (Å²) >= 11 is 6.41. The lowest BCUT2D eigenvalue weighted by Gasteiger charge is -2.08. The Kier molecular flexibility index (Phi) is 4.50. The summed E-state index contributed by atoms with van der Waals surface area (Å²) in [5.74, 6) is -0.255. The second-order valence-electron chi connectivity index (χ2n) is 3.70. The molecule has 0 aliphatic heterocycles. The number of halogens is 1. The van der Waals surface area contributed by atoms with Crippen LogP contribution in [0, 0.1) is 0 Å². The maximum atomic E-state index is 11.8. The first-order valence-electron chi connectivity index (χ1n) is 5.23. The first kappa shape index (κ1) is 13.7. The average molecular weight is 347 g/mol. The molecule has 18 heavy (non-hydrogen) atoms. The third-order valence-corrected chi connectivity index (χ3v) is 4.81. The van der Waals surface area contributed by atoms with Gasteiger partial charge in [0, 0.05) is 11.4 Å². The lowest BCUT2D eigenvalue weighted by atomic mass is 10.3. The Labute approximate surface area is 121 Å². The van der Waals surface area contributed by atoms with Gasteiger partial charge in [-0.2, -0.15) is 0 Å². The van der Waals surface area contributed by atoms with Crippen molar-refractivity contribution in [1.82, 2.24) is 10.3 Å². The second kappa shape index (κ2) is 5.92. The first-order valence-corrected chi connectivity index (χ1v) is 7.72. The molecule has 7 heteroatoms. The van der Waals surface area contributed by atoms with Gasteiger partial charge in [-0.05, 0) is 35.0 Å². The van der Waals surface area contributed by atoms with Gasteiger partial charge in [0.25, 0.3) is 5.91 Å². The van der Waals surface area contributed by atoms with Gasteiger partial charge >= 0.3 is 0 Å². The lowest BCUT2D eigenvalue weighted by molar-refractivity contribution is 0.0918. The number of aliphatic hydroxyl groups is 1. The van der Waals surface area contributed by atoms with Crippen molar-refractivity contribution in [3.05, 3.63) is 27.0 Å². The predicted molar refractivity (Wildman–Crippen MR) is 77.1 cm³/mol. The van der Waals surface area contributed by atoms with Crippen LogP contribution in [0.5, 0.6) is 0 Å². The number of hydrogen-bond donors (Lipinski definition) is 2. The summed E-state index contributed by atoms with van der Waals surface area (Å²) < 4.78 is 1.03. The van der Waals surface area contributed by atoms with E-state index in [1.165, 1.54) is 11.3 Å². The van der Waals surface area contributed by atoms with Crippen LogP contribution < -0.4 is 5.32 Å². The minimum absolute atomic E-state index is 0.0827. The van der Waals surface area contributed by atoms with E-state index in [1.54, 1.807) is 23.6 Å². The number of nitrogens with zero attached hydrogens (tertiary/aromatic N) is 1. The van der Waals surface area contributed by atoms with Crippen LogP contribution in [-0.4, -0.2) is 28.6 Å². The zero-order valence-electron chi connectivity index (χ0n) is 9.51. The number of nitrogens with one attached hydrogen (secondary N) is 1. The number of carbonyl (C=O) groups excluding carboxylic acids is 1. The molecular weight excluding hydrogens is 336 g/mol. The van der Waals surface area contributed by atoms with Gasteiger partial charge in [0.15, 0.2) is 0 Å².